The molecule has 0 saturated heterocycles. The van der Waals surface area contributed by atoms with Crippen LogP contribution in [0.4, 0.5) is 0 Å². The highest BCUT2D eigenvalue weighted by Crippen LogP contribution is 2.35. The van der Waals surface area contributed by atoms with Crippen LogP contribution in [0.15, 0.2) is 0 Å². The molecule has 2 atom stereocenters. The van der Waals surface area contributed by atoms with Gasteiger partial charge in [-0.05, 0) is 26.2 Å². The van der Waals surface area contributed by atoms with Gasteiger partial charge in [0.05, 0.1) is 23.7 Å². The Labute approximate surface area is 209 Å². The monoisotopic (exact) mass is 528 g/mol. The molecule has 2 unspecified atom stereocenters. The SMILES string of the molecule is CCCCCCCCCCCCS(=O)(=O)C(CCCCCCC)C(C)OCCCOP(=O)(O)O. The number of phosphoric ester groups is 1. The van der Waals surface area contributed by atoms with Gasteiger partial charge in [0.25, 0.3) is 0 Å². The lowest BCUT2D eigenvalue weighted by atomic mass is 10.1. The van der Waals surface area contributed by atoms with Crippen molar-refractivity contribution in [3.63, 3.8) is 0 Å². The molecule has 9 heteroatoms. The smallest absolute Gasteiger partial charge is 0.377 e. The molecule has 0 fully saturated rings. The molecule has 0 aliphatic rings. The van der Waals surface area contributed by atoms with Gasteiger partial charge in [-0.2, -0.15) is 0 Å². The van der Waals surface area contributed by atoms with E-state index in [9.17, 15) is 13.0 Å². The first kappa shape index (κ1) is 34.0. The van der Waals surface area contributed by atoms with E-state index in [2.05, 4.69) is 18.4 Å². The van der Waals surface area contributed by atoms with Gasteiger partial charge in [-0.25, -0.2) is 13.0 Å². The van der Waals surface area contributed by atoms with Crippen molar-refractivity contribution in [2.45, 2.75) is 141 Å². The fraction of sp³-hybridized carbons (Fsp3) is 1.00. The second-order valence-corrected chi connectivity index (χ2v) is 13.1. The summed E-state index contributed by atoms with van der Waals surface area (Å²) in [6.07, 6.45) is 17.5. The average Bonchev–Trinajstić information content (AvgIpc) is 2.76. The van der Waals surface area contributed by atoms with E-state index in [1.165, 1.54) is 51.4 Å². The molecule has 0 aromatic heterocycles. The molecule has 0 amide bonds. The maximum absolute atomic E-state index is 13.1. The van der Waals surface area contributed by atoms with Crippen LogP contribution in [0.5, 0.6) is 0 Å². The number of rotatable bonds is 25. The molecular weight excluding hydrogens is 475 g/mol. The van der Waals surface area contributed by atoms with E-state index in [-0.39, 0.29) is 19.0 Å². The highest BCUT2D eigenvalue weighted by Gasteiger charge is 2.30. The van der Waals surface area contributed by atoms with Crippen LogP contribution in [0.3, 0.4) is 0 Å². The van der Waals surface area contributed by atoms with Crippen molar-refractivity contribution in [3.05, 3.63) is 0 Å². The van der Waals surface area contributed by atoms with E-state index >= 15 is 0 Å². The Balaban J connectivity index is 4.45. The van der Waals surface area contributed by atoms with Crippen LogP contribution < -0.4 is 0 Å². The Morgan fingerprint density at radius 3 is 1.68 bits per heavy atom. The molecular formula is C25H53O7PS. The van der Waals surface area contributed by atoms with Gasteiger partial charge < -0.3 is 14.5 Å². The van der Waals surface area contributed by atoms with E-state index in [0.29, 0.717) is 19.3 Å². The lowest BCUT2D eigenvalue weighted by molar-refractivity contribution is 0.0505. The summed E-state index contributed by atoms with van der Waals surface area (Å²) in [5.41, 5.74) is 0. The molecule has 0 rings (SSSR count). The van der Waals surface area contributed by atoms with Crippen molar-refractivity contribution in [2.75, 3.05) is 19.0 Å². The van der Waals surface area contributed by atoms with E-state index < -0.39 is 29.0 Å². The Morgan fingerprint density at radius 1 is 0.706 bits per heavy atom. The Morgan fingerprint density at radius 2 is 1.18 bits per heavy atom. The van der Waals surface area contributed by atoms with E-state index in [1.807, 2.05) is 0 Å². The van der Waals surface area contributed by atoms with Crippen molar-refractivity contribution in [2.24, 2.45) is 0 Å². The lowest BCUT2D eigenvalue weighted by Crippen LogP contribution is -2.36. The maximum Gasteiger partial charge on any atom is 0.469 e. The van der Waals surface area contributed by atoms with Gasteiger partial charge in [0.15, 0.2) is 9.84 Å². The van der Waals surface area contributed by atoms with E-state index in [0.717, 1.165) is 38.5 Å². The summed E-state index contributed by atoms with van der Waals surface area (Å²) in [7, 11) is -7.75. The van der Waals surface area contributed by atoms with Gasteiger partial charge in [-0.15, -0.1) is 0 Å². The fourth-order valence-electron chi connectivity index (χ4n) is 4.22. The third-order valence-electron chi connectivity index (χ3n) is 6.29. The van der Waals surface area contributed by atoms with E-state index in [4.69, 9.17) is 14.5 Å². The third kappa shape index (κ3) is 20.2. The Bertz CT molecular complexity index is 606. The molecule has 0 bridgehead atoms. The predicted molar refractivity (Wildman–Crippen MR) is 141 cm³/mol. The van der Waals surface area contributed by atoms with Crippen molar-refractivity contribution in [3.8, 4) is 0 Å². The summed E-state index contributed by atoms with van der Waals surface area (Å²) in [5.74, 6) is 0.206. The molecule has 206 valence electrons. The molecule has 0 aliphatic carbocycles. The standard InChI is InChI=1S/C25H53O7PS/c1-4-6-8-10-11-12-13-14-16-18-23-34(29,30)25(20-17-15-9-7-5-2)24(3)31-21-19-22-32-33(26,27)28/h24-25H,4-23H2,1-3H3,(H2,26,27,28). The van der Waals surface area contributed by atoms with Crippen molar-refractivity contribution in [1.82, 2.24) is 0 Å². The van der Waals surface area contributed by atoms with Crippen LogP contribution in [-0.2, 0) is 23.7 Å². The minimum Gasteiger partial charge on any atom is -0.377 e. The molecule has 34 heavy (non-hydrogen) atoms. The highest BCUT2D eigenvalue weighted by atomic mass is 32.2. The van der Waals surface area contributed by atoms with Gasteiger partial charge in [-0.3, -0.25) is 4.52 Å². The second-order valence-electron chi connectivity index (χ2n) is 9.54. The lowest BCUT2D eigenvalue weighted by Gasteiger charge is -2.25. The van der Waals surface area contributed by atoms with Gasteiger partial charge in [0.2, 0.25) is 0 Å². The summed E-state index contributed by atoms with van der Waals surface area (Å²) >= 11 is 0. The van der Waals surface area contributed by atoms with Crippen LogP contribution in [-0.4, -0.2) is 48.5 Å². The first-order chi connectivity index (χ1) is 16.1. The predicted octanol–water partition coefficient (Wildman–Crippen LogP) is 6.96. The molecule has 0 spiro atoms. The topological polar surface area (TPSA) is 110 Å². The summed E-state index contributed by atoms with van der Waals surface area (Å²) in [4.78, 5) is 17.5. The molecule has 0 heterocycles. The third-order valence-corrected chi connectivity index (χ3v) is 9.21. The normalized spacial score (nSPS) is 14.4. The zero-order valence-electron chi connectivity index (χ0n) is 22.1. The zero-order valence-corrected chi connectivity index (χ0v) is 23.8. The first-order valence-corrected chi connectivity index (χ1v) is 16.9. The summed E-state index contributed by atoms with van der Waals surface area (Å²) in [5, 5.41) is -0.532. The number of sulfone groups is 1. The summed E-state index contributed by atoms with van der Waals surface area (Å²) in [6.45, 7) is 6.27. The van der Waals surface area contributed by atoms with Crippen molar-refractivity contribution >= 4 is 17.7 Å². The first-order valence-electron chi connectivity index (χ1n) is 13.7. The van der Waals surface area contributed by atoms with Crippen LogP contribution in [0.1, 0.15) is 130 Å². The Kier molecular flexibility index (Phi) is 21.2. The van der Waals surface area contributed by atoms with Gasteiger partial charge in [0.1, 0.15) is 0 Å². The second kappa shape index (κ2) is 21.1. The summed E-state index contributed by atoms with van der Waals surface area (Å²) in [6, 6.07) is 0. The number of hydrogen-bond donors (Lipinski definition) is 2. The molecule has 0 saturated carbocycles. The van der Waals surface area contributed by atoms with Crippen LogP contribution >= 0.6 is 7.82 Å². The highest BCUT2D eigenvalue weighted by molar-refractivity contribution is 7.92. The molecule has 0 aliphatic heterocycles. The van der Waals surface area contributed by atoms with Crippen molar-refractivity contribution < 1.29 is 32.0 Å². The number of phosphoric acid groups is 1. The van der Waals surface area contributed by atoms with E-state index in [1.54, 1.807) is 6.92 Å². The molecule has 0 aromatic carbocycles. The molecule has 2 N–H and O–H groups in total. The quantitative estimate of drug-likeness (QED) is 0.0973. The molecule has 0 aromatic rings. The number of hydrogen-bond acceptors (Lipinski definition) is 5. The largest absolute Gasteiger partial charge is 0.469 e. The van der Waals surface area contributed by atoms with Gasteiger partial charge in [-0.1, -0.05) is 104 Å². The maximum atomic E-state index is 13.1. The van der Waals surface area contributed by atoms with Crippen LogP contribution in [0.2, 0.25) is 0 Å². The van der Waals surface area contributed by atoms with Crippen molar-refractivity contribution in [1.29, 1.82) is 0 Å². The van der Waals surface area contributed by atoms with Gasteiger partial charge in [0, 0.05) is 6.61 Å². The molecule has 7 nitrogen and oxygen atoms in total. The minimum atomic E-state index is -4.48. The number of ether oxygens (including phenoxy) is 1. The van der Waals surface area contributed by atoms with Gasteiger partial charge >= 0.3 is 7.82 Å². The Hall–Kier alpha value is 0.0200. The number of unbranched alkanes of at least 4 members (excludes halogenated alkanes) is 13. The van der Waals surface area contributed by atoms with Crippen LogP contribution in [0, 0.1) is 0 Å². The average molecular weight is 529 g/mol. The van der Waals surface area contributed by atoms with Crippen LogP contribution in [0.25, 0.3) is 0 Å². The summed E-state index contributed by atoms with van der Waals surface area (Å²) < 4.78 is 47.2. The zero-order chi connectivity index (χ0) is 25.7. The fourth-order valence-corrected chi connectivity index (χ4v) is 6.68. The minimum absolute atomic E-state index is 0.121. The molecule has 0 radical (unpaired) electrons.